The van der Waals surface area contributed by atoms with Crippen molar-refractivity contribution in [3.05, 3.63) is 0 Å². The Morgan fingerprint density at radius 1 is 1.42 bits per heavy atom. The van der Waals surface area contributed by atoms with Crippen LogP contribution >= 0.6 is 12.4 Å². The van der Waals surface area contributed by atoms with Gasteiger partial charge < -0.3 is 20.3 Å². The van der Waals surface area contributed by atoms with Crippen LogP contribution < -0.4 is 10.6 Å². The summed E-state index contributed by atoms with van der Waals surface area (Å²) >= 11 is 0. The number of halogens is 1. The van der Waals surface area contributed by atoms with E-state index in [9.17, 15) is 4.79 Å². The predicted octanol–water partition coefficient (Wildman–Crippen LogP) is 0.635. The number of hydrogen-bond acceptors (Lipinski definition) is 4. The van der Waals surface area contributed by atoms with Crippen LogP contribution in [-0.2, 0) is 9.53 Å². The second kappa shape index (κ2) is 11.5. The van der Waals surface area contributed by atoms with Gasteiger partial charge in [-0.1, -0.05) is 0 Å². The molecule has 0 bridgehead atoms. The normalized spacial score (nSPS) is 18.4. The Balaban J connectivity index is 0.00000324. The molecule has 1 saturated heterocycles. The van der Waals surface area contributed by atoms with Crippen molar-refractivity contribution in [3.8, 4) is 0 Å². The summed E-state index contributed by atoms with van der Waals surface area (Å²) in [5, 5.41) is 6.29. The summed E-state index contributed by atoms with van der Waals surface area (Å²) in [7, 11) is 4.03. The predicted molar refractivity (Wildman–Crippen MR) is 79.9 cm³/mol. The van der Waals surface area contributed by atoms with Gasteiger partial charge in [0.05, 0.1) is 13.2 Å². The first-order valence-electron chi connectivity index (χ1n) is 6.91. The topological polar surface area (TPSA) is 53.6 Å². The second-order valence-corrected chi connectivity index (χ2v) is 5.10. The van der Waals surface area contributed by atoms with Crippen molar-refractivity contribution < 1.29 is 9.53 Å². The van der Waals surface area contributed by atoms with Crippen LogP contribution in [0.25, 0.3) is 0 Å². The summed E-state index contributed by atoms with van der Waals surface area (Å²) in [5.74, 6) is 0.139. The minimum absolute atomic E-state index is 0. The van der Waals surface area contributed by atoms with E-state index in [4.69, 9.17) is 4.74 Å². The molecule has 5 nitrogen and oxygen atoms in total. The molecule has 6 heteroatoms. The number of rotatable bonds is 9. The molecule has 1 unspecified atom stereocenters. The third kappa shape index (κ3) is 10.1. The lowest BCUT2D eigenvalue weighted by molar-refractivity contribution is -0.121. The van der Waals surface area contributed by atoms with E-state index in [0.29, 0.717) is 25.6 Å². The van der Waals surface area contributed by atoms with Gasteiger partial charge in [-0.2, -0.15) is 0 Å². The molecule has 0 aliphatic carbocycles. The lowest BCUT2D eigenvalue weighted by atomic mass is 10.1. The van der Waals surface area contributed by atoms with Crippen molar-refractivity contribution in [1.82, 2.24) is 15.5 Å². The summed E-state index contributed by atoms with van der Waals surface area (Å²) in [4.78, 5) is 13.6. The van der Waals surface area contributed by atoms with Gasteiger partial charge in [-0.15, -0.1) is 12.4 Å². The molecule has 0 spiro atoms. The Morgan fingerprint density at radius 2 is 2.21 bits per heavy atom. The molecule has 0 aromatic rings. The molecule has 1 heterocycles. The van der Waals surface area contributed by atoms with Crippen molar-refractivity contribution >= 4 is 18.3 Å². The fourth-order valence-corrected chi connectivity index (χ4v) is 2.01. The van der Waals surface area contributed by atoms with E-state index in [-0.39, 0.29) is 18.3 Å². The molecule has 1 fully saturated rings. The quantitative estimate of drug-likeness (QED) is 0.613. The molecule has 19 heavy (non-hydrogen) atoms. The highest BCUT2D eigenvalue weighted by molar-refractivity contribution is 5.85. The van der Waals surface area contributed by atoms with E-state index in [2.05, 4.69) is 15.5 Å². The van der Waals surface area contributed by atoms with Crippen LogP contribution in [0.5, 0.6) is 0 Å². The maximum Gasteiger partial charge on any atom is 0.220 e. The average Bonchev–Trinajstić information content (AvgIpc) is 2.83. The zero-order valence-corrected chi connectivity index (χ0v) is 12.9. The maximum absolute atomic E-state index is 11.5. The molecule has 1 atom stereocenters. The van der Waals surface area contributed by atoms with Crippen LogP contribution in [0.15, 0.2) is 0 Å². The van der Waals surface area contributed by atoms with Crippen LogP contribution in [0.3, 0.4) is 0 Å². The van der Waals surface area contributed by atoms with Gasteiger partial charge in [-0.25, -0.2) is 0 Å². The molecular formula is C13H28ClN3O2. The number of nitrogens with zero attached hydrogens (tertiary/aromatic N) is 1. The molecule has 0 radical (unpaired) electrons. The first-order valence-corrected chi connectivity index (χ1v) is 6.91. The van der Waals surface area contributed by atoms with Gasteiger partial charge in [-0.05, 0) is 39.9 Å². The lowest BCUT2D eigenvalue weighted by Crippen LogP contribution is -2.30. The third-order valence-corrected chi connectivity index (χ3v) is 3.13. The Kier molecular flexibility index (Phi) is 11.2. The van der Waals surface area contributed by atoms with Crippen molar-refractivity contribution in [1.29, 1.82) is 0 Å². The highest BCUT2D eigenvalue weighted by Gasteiger charge is 2.14. The summed E-state index contributed by atoms with van der Waals surface area (Å²) < 4.78 is 5.40. The van der Waals surface area contributed by atoms with E-state index in [1.54, 1.807) is 0 Å². The van der Waals surface area contributed by atoms with Gasteiger partial charge >= 0.3 is 0 Å². The van der Waals surface area contributed by atoms with Gasteiger partial charge in [0.15, 0.2) is 0 Å². The Hall–Kier alpha value is -0.360. The minimum Gasteiger partial charge on any atom is -0.378 e. The lowest BCUT2D eigenvalue weighted by Gasteiger charge is -2.11. The summed E-state index contributed by atoms with van der Waals surface area (Å²) in [6.45, 7) is 3.95. The Labute approximate surface area is 122 Å². The molecule has 2 N–H and O–H groups in total. The zero-order valence-electron chi connectivity index (χ0n) is 12.1. The fraction of sp³-hybridized carbons (Fsp3) is 0.923. The highest BCUT2D eigenvalue weighted by atomic mass is 35.5. The monoisotopic (exact) mass is 293 g/mol. The van der Waals surface area contributed by atoms with Gasteiger partial charge in [0.2, 0.25) is 5.91 Å². The van der Waals surface area contributed by atoms with E-state index in [1.807, 2.05) is 14.1 Å². The number of carbonyl (C=O) groups is 1. The fourth-order valence-electron chi connectivity index (χ4n) is 2.01. The number of carbonyl (C=O) groups excluding carboxylic acids is 1. The zero-order chi connectivity index (χ0) is 13.2. The standard InChI is InChI=1S/C13H27N3O2.ClH/c1-16(2)9-11-18-10-8-15-13(17)6-5-12-4-3-7-14-12;/h12,14H,3-11H2,1-2H3,(H,15,17);1H. The van der Waals surface area contributed by atoms with Gasteiger partial charge in [-0.3, -0.25) is 4.79 Å². The maximum atomic E-state index is 11.5. The van der Waals surface area contributed by atoms with E-state index < -0.39 is 0 Å². The van der Waals surface area contributed by atoms with Crippen molar-refractivity contribution in [3.63, 3.8) is 0 Å². The molecule has 0 saturated carbocycles. The van der Waals surface area contributed by atoms with E-state index in [1.165, 1.54) is 12.8 Å². The minimum atomic E-state index is 0. The highest BCUT2D eigenvalue weighted by Crippen LogP contribution is 2.10. The molecule has 1 aliphatic heterocycles. The molecule has 1 amide bonds. The SMILES string of the molecule is CN(C)CCOCCNC(=O)CCC1CCCN1.Cl. The van der Waals surface area contributed by atoms with Crippen molar-refractivity contribution in [2.24, 2.45) is 0 Å². The van der Waals surface area contributed by atoms with Crippen LogP contribution in [0.4, 0.5) is 0 Å². The van der Waals surface area contributed by atoms with Gasteiger partial charge in [0.25, 0.3) is 0 Å². The molecule has 0 aromatic heterocycles. The van der Waals surface area contributed by atoms with E-state index >= 15 is 0 Å². The summed E-state index contributed by atoms with van der Waals surface area (Å²) in [6.07, 6.45) is 4.02. The smallest absolute Gasteiger partial charge is 0.220 e. The second-order valence-electron chi connectivity index (χ2n) is 5.10. The van der Waals surface area contributed by atoms with Gasteiger partial charge in [0, 0.05) is 25.6 Å². The number of likely N-dealkylation sites (N-methyl/N-ethyl adjacent to an activating group) is 1. The van der Waals surface area contributed by atoms with Crippen LogP contribution in [0.2, 0.25) is 0 Å². The van der Waals surface area contributed by atoms with Crippen LogP contribution in [0.1, 0.15) is 25.7 Å². The molecular weight excluding hydrogens is 266 g/mol. The summed E-state index contributed by atoms with van der Waals surface area (Å²) in [6, 6.07) is 0.548. The first-order chi connectivity index (χ1) is 8.68. The van der Waals surface area contributed by atoms with Crippen LogP contribution in [0, 0.1) is 0 Å². The molecule has 114 valence electrons. The number of amides is 1. The first kappa shape index (κ1) is 18.6. The largest absolute Gasteiger partial charge is 0.378 e. The number of hydrogen-bond donors (Lipinski definition) is 2. The van der Waals surface area contributed by atoms with Crippen molar-refractivity contribution in [2.45, 2.75) is 31.7 Å². The van der Waals surface area contributed by atoms with Crippen molar-refractivity contribution in [2.75, 3.05) is 46.9 Å². The number of ether oxygens (including phenoxy) is 1. The third-order valence-electron chi connectivity index (χ3n) is 3.13. The van der Waals surface area contributed by atoms with Crippen LogP contribution in [-0.4, -0.2) is 63.8 Å². The average molecular weight is 294 g/mol. The molecule has 0 aromatic carbocycles. The Morgan fingerprint density at radius 3 is 2.84 bits per heavy atom. The Bertz CT molecular complexity index is 234. The van der Waals surface area contributed by atoms with E-state index in [0.717, 1.165) is 26.1 Å². The summed E-state index contributed by atoms with van der Waals surface area (Å²) in [5.41, 5.74) is 0. The van der Waals surface area contributed by atoms with Gasteiger partial charge in [0.1, 0.15) is 0 Å². The molecule has 1 aliphatic rings. The molecule has 1 rings (SSSR count). The number of nitrogens with one attached hydrogen (secondary N) is 2.